The highest BCUT2D eigenvalue weighted by Crippen LogP contribution is 2.11. The summed E-state index contributed by atoms with van der Waals surface area (Å²) in [5.41, 5.74) is 5.69. The lowest BCUT2D eigenvalue weighted by molar-refractivity contribution is -0.126. The topological polar surface area (TPSA) is 75.4 Å². The molecule has 0 aliphatic carbocycles. The first-order valence-electron chi connectivity index (χ1n) is 5.77. The van der Waals surface area contributed by atoms with Crippen molar-refractivity contribution in [1.29, 1.82) is 0 Å². The molecule has 4 N–H and O–H groups in total. The first kappa shape index (κ1) is 13.7. The van der Waals surface area contributed by atoms with Crippen LogP contribution in [-0.2, 0) is 4.79 Å². The Morgan fingerprint density at radius 2 is 2.06 bits per heavy atom. The van der Waals surface area contributed by atoms with Crippen molar-refractivity contribution in [1.82, 2.24) is 5.32 Å². The van der Waals surface area contributed by atoms with Crippen LogP contribution in [0.5, 0.6) is 0 Å². The molecule has 2 unspecified atom stereocenters. The number of hydrogen-bond donors (Lipinski definition) is 3. The van der Waals surface area contributed by atoms with E-state index >= 15 is 0 Å². The highest BCUT2D eigenvalue weighted by Gasteiger charge is 2.26. The number of carbonyl (C=O) groups excluding carboxylic acids is 1. The molecule has 0 heterocycles. The fraction of sp³-hybridized carbons (Fsp3) is 0.462. The minimum absolute atomic E-state index is 0.176. The lowest BCUT2D eigenvalue weighted by atomic mass is 9.99. The molecule has 1 aromatic rings. The highest BCUT2D eigenvalue weighted by atomic mass is 16.3. The van der Waals surface area contributed by atoms with Gasteiger partial charge in [0.15, 0.2) is 0 Å². The van der Waals surface area contributed by atoms with Crippen molar-refractivity contribution >= 4 is 5.91 Å². The first-order chi connectivity index (χ1) is 7.97. The first-order valence-corrected chi connectivity index (χ1v) is 5.77. The summed E-state index contributed by atoms with van der Waals surface area (Å²) in [6.45, 7) is 3.71. The second-order valence-electron chi connectivity index (χ2n) is 4.41. The Morgan fingerprint density at radius 1 is 1.47 bits per heavy atom. The maximum absolute atomic E-state index is 11.7. The van der Waals surface area contributed by atoms with Crippen molar-refractivity contribution in [2.75, 3.05) is 6.54 Å². The van der Waals surface area contributed by atoms with Crippen LogP contribution in [0.3, 0.4) is 0 Å². The lowest BCUT2D eigenvalue weighted by Crippen LogP contribution is -2.51. The number of rotatable bonds is 5. The average Bonchev–Trinajstić information content (AvgIpc) is 2.36. The molecule has 0 aromatic heterocycles. The average molecular weight is 236 g/mol. The molecular weight excluding hydrogens is 216 g/mol. The number of benzene rings is 1. The summed E-state index contributed by atoms with van der Waals surface area (Å²) in [6.07, 6.45) is -0.145. The van der Waals surface area contributed by atoms with Gasteiger partial charge in [-0.15, -0.1) is 0 Å². The zero-order chi connectivity index (χ0) is 12.9. The van der Waals surface area contributed by atoms with Gasteiger partial charge in [0.25, 0.3) is 0 Å². The van der Waals surface area contributed by atoms with E-state index in [4.69, 9.17) is 5.73 Å². The summed E-state index contributed by atoms with van der Waals surface area (Å²) in [5, 5.41) is 12.5. The van der Waals surface area contributed by atoms with Gasteiger partial charge >= 0.3 is 0 Å². The molecule has 17 heavy (non-hydrogen) atoms. The summed E-state index contributed by atoms with van der Waals surface area (Å²) >= 11 is 0. The minimum Gasteiger partial charge on any atom is -0.387 e. The van der Waals surface area contributed by atoms with Crippen molar-refractivity contribution < 1.29 is 9.90 Å². The number of nitrogens with one attached hydrogen (secondary N) is 1. The third-order valence-corrected chi connectivity index (χ3v) is 2.89. The molecule has 0 fully saturated rings. The maximum atomic E-state index is 11.7. The second-order valence-corrected chi connectivity index (χ2v) is 4.41. The van der Waals surface area contributed by atoms with E-state index in [0.29, 0.717) is 6.42 Å². The third kappa shape index (κ3) is 3.84. The van der Waals surface area contributed by atoms with Gasteiger partial charge in [-0.1, -0.05) is 37.3 Å². The van der Waals surface area contributed by atoms with Gasteiger partial charge in [0.1, 0.15) is 0 Å². The molecule has 0 saturated heterocycles. The van der Waals surface area contributed by atoms with Gasteiger partial charge < -0.3 is 16.2 Å². The summed E-state index contributed by atoms with van der Waals surface area (Å²) in [4.78, 5) is 11.7. The van der Waals surface area contributed by atoms with E-state index in [9.17, 15) is 9.90 Å². The van der Waals surface area contributed by atoms with Crippen LogP contribution >= 0.6 is 0 Å². The van der Waals surface area contributed by atoms with Gasteiger partial charge in [-0.25, -0.2) is 0 Å². The van der Waals surface area contributed by atoms with Gasteiger partial charge in [0.05, 0.1) is 11.6 Å². The molecule has 2 atom stereocenters. The minimum atomic E-state index is -0.879. The number of hydrogen-bond acceptors (Lipinski definition) is 3. The van der Waals surface area contributed by atoms with Crippen LogP contribution in [0, 0.1) is 0 Å². The second kappa shape index (κ2) is 5.80. The maximum Gasteiger partial charge on any atom is 0.239 e. The van der Waals surface area contributed by atoms with Crippen molar-refractivity contribution in [2.45, 2.75) is 31.9 Å². The molecule has 0 bridgehead atoms. The van der Waals surface area contributed by atoms with Gasteiger partial charge in [0.2, 0.25) is 5.91 Å². The van der Waals surface area contributed by atoms with Crippen LogP contribution in [0.1, 0.15) is 31.9 Å². The molecule has 4 heteroatoms. The Kier molecular flexibility index (Phi) is 4.66. The van der Waals surface area contributed by atoms with Crippen molar-refractivity contribution in [2.24, 2.45) is 5.73 Å². The number of amides is 1. The zero-order valence-corrected chi connectivity index (χ0v) is 10.3. The fourth-order valence-electron chi connectivity index (χ4n) is 1.34. The fourth-order valence-corrected chi connectivity index (χ4v) is 1.34. The molecule has 0 aliphatic rings. The SMILES string of the molecule is CCC(C)(N)C(=O)NCC(O)c1ccccc1. The third-order valence-electron chi connectivity index (χ3n) is 2.89. The van der Waals surface area contributed by atoms with Crippen LogP contribution in [-0.4, -0.2) is 23.1 Å². The molecule has 1 rings (SSSR count). The predicted molar refractivity (Wildman–Crippen MR) is 67.3 cm³/mol. The molecule has 0 aliphatic heterocycles. The monoisotopic (exact) mass is 236 g/mol. The van der Waals surface area contributed by atoms with Crippen LogP contribution in [0.15, 0.2) is 30.3 Å². The number of nitrogens with two attached hydrogens (primary N) is 1. The zero-order valence-electron chi connectivity index (χ0n) is 10.3. The van der Waals surface area contributed by atoms with E-state index in [1.54, 1.807) is 6.92 Å². The Labute approximate surface area is 102 Å². The molecule has 0 spiro atoms. The van der Waals surface area contributed by atoms with Crippen LogP contribution in [0.2, 0.25) is 0 Å². The highest BCUT2D eigenvalue weighted by molar-refractivity contribution is 5.85. The molecular formula is C13H20N2O2. The quantitative estimate of drug-likeness (QED) is 0.713. The summed E-state index contributed by atoms with van der Waals surface area (Å²) < 4.78 is 0. The van der Waals surface area contributed by atoms with Gasteiger partial charge in [-0.05, 0) is 18.9 Å². The van der Waals surface area contributed by atoms with E-state index in [0.717, 1.165) is 5.56 Å². The molecule has 1 aromatic carbocycles. The van der Waals surface area contributed by atoms with E-state index < -0.39 is 11.6 Å². The molecule has 1 amide bonds. The van der Waals surface area contributed by atoms with Crippen molar-refractivity contribution in [3.8, 4) is 0 Å². The van der Waals surface area contributed by atoms with E-state index in [1.165, 1.54) is 0 Å². The van der Waals surface area contributed by atoms with Crippen molar-refractivity contribution in [3.05, 3.63) is 35.9 Å². The van der Waals surface area contributed by atoms with Gasteiger partial charge in [0, 0.05) is 6.54 Å². The molecule has 0 saturated carbocycles. The lowest BCUT2D eigenvalue weighted by Gasteiger charge is -2.22. The van der Waals surface area contributed by atoms with E-state index in [-0.39, 0.29) is 12.5 Å². The van der Waals surface area contributed by atoms with Crippen molar-refractivity contribution in [3.63, 3.8) is 0 Å². The van der Waals surface area contributed by atoms with Crippen LogP contribution < -0.4 is 11.1 Å². The normalized spacial score (nSPS) is 16.0. The largest absolute Gasteiger partial charge is 0.387 e. The van der Waals surface area contributed by atoms with E-state index in [1.807, 2.05) is 37.3 Å². The standard InChI is InChI=1S/C13H20N2O2/c1-3-13(2,14)12(17)15-9-11(16)10-7-5-4-6-8-10/h4-8,11,16H,3,9,14H2,1-2H3,(H,15,17). The van der Waals surface area contributed by atoms with E-state index in [2.05, 4.69) is 5.32 Å². The van der Waals surface area contributed by atoms with Crippen LogP contribution in [0.4, 0.5) is 0 Å². The number of aliphatic hydroxyl groups is 1. The smallest absolute Gasteiger partial charge is 0.239 e. The molecule has 0 radical (unpaired) electrons. The number of aliphatic hydroxyl groups excluding tert-OH is 1. The Hall–Kier alpha value is -1.39. The van der Waals surface area contributed by atoms with Gasteiger partial charge in [-0.2, -0.15) is 0 Å². The number of carbonyl (C=O) groups is 1. The van der Waals surface area contributed by atoms with Crippen LogP contribution in [0.25, 0.3) is 0 Å². The Morgan fingerprint density at radius 3 is 2.59 bits per heavy atom. The summed E-state index contributed by atoms with van der Waals surface area (Å²) in [6, 6.07) is 9.21. The van der Waals surface area contributed by atoms with Gasteiger partial charge in [-0.3, -0.25) is 4.79 Å². The summed E-state index contributed by atoms with van der Waals surface area (Å²) in [7, 11) is 0. The Bertz CT molecular complexity index is 363. The summed E-state index contributed by atoms with van der Waals surface area (Å²) in [5.74, 6) is -0.241. The Balaban J connectivity index is 2.49. The molecule has 94 valence electrons. The predicted octanol–water partition coefficient (Wildman–Crippen LogP) is 0.964. The molecule has 4 nitrogen and oxygen atoms in total.